The lowest BCUT2D eigenvalue weighted by Crippen LogP contribution is -2.54. The molecule has 1 atom stereocenters. The molecule has 1 N–H and O–H groups in total. The molecule has 3 heteroatoms. The third kappa shape index (κ3) is 2.96. The van der Waals surface area contributed by atoms with Crippen molar-refractivity contribution in [3.05, 3.63) is 0 Å². The van der Waals surface area contributed by atoms with Crippen molar-refractivity contribution in [2.75, 3.05) is 46.3 Å². The van der Waals surface area contributed by atoms with Crippen LogP contribution in [0.3, 0.4) is 0 Å². The predicted octanol–water partition coefficient (Wildman–Crippen LogP) is 1.01. The maximum Gasteiger partial charge on any atom is 0.0157 e. The molecule has 16 heavy (non-hydrogen) atoms. The third-order valence-corrected chi connectivity index (χ3v) is 4.25. The average molecular weight is 225 g/mol. The molecule has 0 bridgehead atoms. The van der Waals surface area contributed by atoms with Crippen molar-refractivity contribution in [3.63, 3.8) is 0 Å². The molecule has 94 valence electrons. The summed E-state index contributed by atoms with van der Waals surface area (Å²) in [5, 5.41) is 3.44. The first-order valence-corrected chi connectivity index (χ1v) is 6.72. The van der Waals surface area contributed by atoms with Crippen LogP contribution in [-0.2, 0) is 0 Å². The van der Waals surface area contributed by atoms with Gasteiger partial charge < -0.3 is 10.2 Å². The molecule has 2 heterocycles. The number of nitrogens with zero attached hydrogens (tertiary/aromatic N) is 2. The molecule has 0 aromatic heterocycles. The zero-order valence-corrected chi connectivity index (χ0v) is 11.1. The summed E-state index contributed by atoms with van der Waals surface area (Å²) in [6, 6.07) is 0. The Hall–Kier alpha value is -0.120. The van der Waals surface area contributed by atoms with E-state index < -0.39 is 0 Å². The van der Waals surface area contributed by atoms with Crippen LogP contribution in [-0.4, -0.2) is 61.7 Å². The van der Waals surface area contributed by atoms with E-state index in [2.05, 4.69) is 36.0 Å². The van der Waals surface area contributed by atoms with Crippen LogP contribution in [0.4, 0.5) is 0 Å². The van der Waals surface area contributed by atoms with Gasteiger partial charge in [0.25, 0.3) is 0 Å². The fourth-order valence-corrected chi connectivity index (χ4v) is 3.30. The molecule has 0 saturated carbocycles. The van der Waals surface area contributed by atoms with E-state index in [-0.39, 0.29) is 0 Å². The van der Waals surface area contributed by atoms with Gasteiger partial charge in [-0.25, -0.2) is 0 Å². The number of rotatable bonds is 3. The second-order valence-corrected chi connectivity index (χ2v) is 6.17. The number of likely N-dealkylation sites (tertiary alicyclic amines) is 1. The first kappa shape index (κ1) is 12.3. The lowest BCUT2D eigenvalue weighted by Gasteiger charge is -2.42. The Morgan fingerprint density at radius 2 is 1.88 bits per heavy atom. The molecule has 0 aromatic rings. The monoisotopic (exact) mass is 225 g/mol. The Kier molecular flexibility index (Phi) is 3.88. The summed E-state index contributed by atoms with van der Waals surface area (Å²) in [4.78, 5) is 5.14. The minimum atomic E-state index is 0.387. The van der Waals surface area contributed by atoms with Crippen LogP contribution in [0.1, 0.15) is 26.7 Å². The quantitative estimate of drug-likeness (QED) is 0.773. The van der Waals surface area contributed by atoms with Crippen LogP contribution in [0.5, 0.6) is 0 Å². The lowest BCUT2D eigenvalue weighted by molar-refractivity contribution is 0.0811. The van der Waals surface area contributed by atoms with E-state index in [4.69, 9.17) is 0 Å². The van der Waals surface area contributed by atoms with Gasteiger partial charge in [-0.15, -0.1) is 0 Å². The molecule has 0 spiro atoms. The average Bonchev–Trinajstić information content (AvgIpc) is 2.64. The van der Waals surface area contributed by atoms with Gasteiger partial charge in [-0.1, -0.05) is 0 Å². The van der Waals surface area contributed by atoms with Crippen LogP contribution in [0.15, 0.2) is 0 Å². The fraction of sp³-hybridized carbons (Fsp3) is 1.00. The van der Waals surface area contributed by atoms with E-state index in [1.165, 1.54) is 39.0 Å². The SMILES string of the molecule is CN1CCC(CC(C)(C)N2CCNCC2)C1. The van der Waals surface area contributed by atoms with E-state index in [1.54, 1.807) is 0 Å². The summed E-state index contributed by atoms with van der Waals surface area (Å²) >= 11 is 0. The summed E-state index contributed by atoms with van der Waals surface area (Å²) in [7, 11) is 2.25. The van der Waals surface area contributed by atoms with Crippen LogP contribution >= 0.6 is 0 Å². The summed E-state index contributed by atoms with van der Waals surface area (Å²) in [6.45, 7) is 12.2. The van der Waals surface area contributed by atoms with Gasteiger partial charge in [-0.2, -0.15) is 0 Å². The van der Waals surface area contributed by atoms with E-state index in [0.717, 1.165) is 19.0 Å². The zero-order chi connectivity index (χ0) is 11.6. The highest BCUT2D eigenvalue weighted by Gasteiger charge is 2.32. The highest BCUT2D eigenvalue weighted by atomic mass is 15.2. The number of hydrogen-bond donors (Lipinski definition) is 1. The molecule has 2 aliphatic heterocycles. The zero-order valence-electron chi connectivity index (χ0n) is 11.1. The Labute approximate surface area is 100 Å². The van der Waals surface area contributed by atoms with Crippen molar-refractivity contribution in [3.8, 4) is 0 Å². The molecule has 0 amide bonds. The van der Waals surface area contributed by atoms with Crippen molar-refractivity contribution < 1.29 is 0 Å². The van der Waals surface area contributed by atoms with Crippen LogP contribution in [0, 0.1) is 5.92 Å². The van der Waals surface area contributed by atoms with Gasteiger partial charge in [0, 0.05) is 38.3 Å². The van der Waals surface area contributed by atoms with Crippen molar-refractivity contribution in [2.45, 2.75) is 32.2 Å². The van der Waals surface area contributed by atoms with E-state index in [0.29, 0.717) is 5.54 Å². The molecule has 0 aliphatic carbocycles. The first-order valence-electron chi connectivity index (χ1n) is 6.72. The molecular weight excluding hydrogens is 198 g/mol. The smallest absolute Gasteiger partial charge is 0.0157 e. The van der Waals surface area contributed by atoms with E-state index in [1.807, 2.05) is 0 Å². The summed E-state index contributed by atoms with van der Waals surface area (Å²) in [5.74, 6) is 0.912. The molecule has 2 aliphatic rings. The summed E-state index contributed by atoms with van der Waals surface area (Å²) in [5.41, 5.74) is 0.387. The maximum absolute atomic E-state index is 3.44. The van der Waals surface area contributed by atoms with Gasteiger partial charge in [0.05, 0.1) is 0 Å². The first-order chi connectivity index (χ1) is 7.58. The second kappa shape index (κ2) is 5.03. The molecule has 2 rings (SSSR count). The minimum absolute atomic E-state index is 0.387. The van der Waals surface area contributed by atoms with Crippen molar-refractivity contribution in [2.24, 2.45) is 5.92 Å². The predicted molar refractivity (Wildman–Crippen MR) is 68.7 cm³/mol. The Bertz CT molecular complexity index is 221. The molecule has 1 unspecified atom stereocenters. The molecule has 0 radical (unpaired) electrons. The van der Waals surface area contributed by atoms with E-state index in [9.17, 15) is 0 Å². The van der Waals surface area contributed by atoms with Gasteiger partial charge >= 0.3 is 0 Å². The van der Waals surface area contributed by atoms with Gasteiger partial charge in [0.1, 0.15) is 0 Å². The largest absolute Gasteiger partial charge is 0.314 e. The topological polar surface area (TPSA) is 18.5 Å². The van der Waals surface area contributed by atoms with Crippen LogP contribution in [0.25, 0.3) is 0 Å². The summed E-state index contributed by atoms with van der Waals surface area (Å²) < 4.78 is 0. The Morgan fingerprint density at radius 1 is 1.19 bits per heavy atom. The normalized spacial score (nSPS) is 29.8. The van der Waals surface area contributed by atoms with Gasteiger partial charge in [0.15, 0.2) is 0 Å². The van der Waals surface area contributed by atoms with Crippen molar-refractivity contribution in [1.82, 2.24) is 15.1 Å². The number of hydrogen-bond acceptors (Lipinski definition) is 3. The molecule has 0 aromatic carbocycles. The molecular formula is C13H27N3. The number of piperazine rings is 1. The molecule has 2 fully saturated rings. The Morgan fingerprint density at radius 3 is 2.44 bits per heavy atom. The summed E-state index contributed by atoms with van der Waals surface area (Å²) in [6.07, 6.45) is 2.75. The van der Waals surface area contributed by atoms with Crippen molar-refractivity contribution >= 4 is 0 Å². The highest BCUT2D eigenvalue weighted by molar-refractivity contribution is 4.89. The van der Waals surface area contributed by atoms with Crippen LogP contribution in [0.2, 0.25) is 0 Å². The fourth-order valence-electron chi connectivity index (χ4n) is 3.30. The standard InChI is InChI=1S/C13H27N3/c1-13(2,16-8-5-14-6-9-16)10-12-4-7-15(3)11-12/h12,14H,4-11H2,1-3H3. The minimum Gasteiger partial charge on any atom is -0.314 e. The van der Waals surface area contributed by atoms with Crippen molar-refractivity contribution in [1.29, 1.82) is 0 Å². The van der Waals surface area contributed by atoms with Gasteiger partial charge in [0.2, 0.25) is 0 Å². The van der Waals surface area contributed by atoms with E-state index >= 15 is 0 Å². The second-order valence-electron chi connectivity index (χ2n) is 6.17. The van der Waals surface area contributed by atoms with Gasteiger partial charge in [-0.3, -0.25) is 4.90 Å². The van der Waals surface area contributed by atoms with Crippen LogP contribution < -0.4 is 5.32 Å². The number of nitrogens with one attached hydrogen (secondary N) is 1. The maximum atomic E-state index is 3.44. The molecule has 2 saturated heterocycles. The lowest BCUT2D eigenvalue weighted by atomic mass is 9.88. The third-order valence-electron chi connectivity index (χ3n) is 4.25. The highest BCUT2D eigenvalue weighted by Crippen LogP contribution is 2.28. The van der Waals surface area contributed by atoms with Gasteiger partial charge in [-0.05, 0) is 46.2 Å². The molecule has 3 nitrogen and oxygen atoms in total. The Balaban J connectivity index is 1.85.